The zero-order chi connectivity index (χ0) is 13.8. The van der Waals surface area contributed by atoms with Gasteiger partial charge in [0.15, 0.2) is 0 Å². The lowest BCUT2D eigenvalue weighted by Gasteiger charge is -2.42. The topological polar surface area (TPSA) is 24.5 Å². The number of nitrogens with zero attached hydrogens (tertiary/aromatic N) is 1. The first kappa shape index (κ1) is 14.8. The molecule has 3 rings (SSSR count). The van der Waals surface area contributed by atoms with Gasteiger partial charge in [-0.1, -0.05) is 13.3 Å². The second-order valence-electron chi connectivity index (χ2n) is 7.04. The molecule has 0 amide bonds. The van der Waals surface area contributed by atoms with Crippen molar-refractivity contribution in [2.75, 3.05) is 26.2 Å². The van der Waals surface area contributed by atoms with Crippen molar-refractivity contribution in [1.29, 1.82) is 0 Å². The summed E-state index contributed by atoms with van der Waals surface area (Å²) in [6.07, 6.45) is 11.2. The maximum absolute atomic E-state index is 5.91. The molecular weight excluding hydrogens is 248 g/mol. The monoisotopic (exact) mass is 280 g/mol. The summed E-state index contributed by atoms with van der Waals surface area (Å²) < 4.78 is 5.91. The molecule has 0 spiro atoms. The first-order chi connectivity index (χ1) is 9.86. The van der Waals surface area contributed by atoms with Crippen molar-refractivity contribution < 1.29 is 4.74 Å². The predicted octanol–water partition coefficient (Wildman–Crippen LogP) is 2.80. The number of hydrogen-bond donors (Lipinski definition) is 1. The molecule has 0 aliphatic carbocycles. The molecular formula is C17H32N2O. The minimum Gasteiger partial charge on any atom is -0.378 e. The molecule has 3 aliphatic heterocycles. The summed E-state index contributed by atoms with van der Waals surface area (Å²) in [6, 6.07) is 1.64. The predicted molar refractivity (Wildman–Crippen MR) is 83.0 cm³/mol. The molecule has 0 aromatic carbocycles. The maximum atomic E-state index is 5.91. The lowest BCUT2D eigenvalue weighted by Crippen LogP contribution is -2.48. The molecule has 3 fully saturated rings. The van der Waals surface area contributed by atoms with E-state index in [1.54, 1.807) is 0 Å². The normalized spacial score (nSPS) is 37.4. The van der Waals surface area contributed by atoms with E-state index in [1.807, 2.05) is 0 Å². The lowest BCUT2D eigenvalue weighted by atomic mass is 9.87. The molecule has 0 radical (unpaired) electrons. The Labute approximate surface area is 124 Å². The van der Waals surface area contributed by atoms with E-state index < -0.39 is 0 Å². The van der Waals surface area contributed by atoms with Gasteiger partial charge < -0.3 is 15.0 Å². The van der Waals surface area contributed by atoms with Crippen molar-refractivity contribution >= 4 is 0 Å². The third-order valence-electron chi connectivity index (χ3n) is 5.71. The Morgan fingerprint density at radius 3 is 2.70 bits per heavy atom. The third kappa shape index (κ3) is 3.55. The molecule has 0 aromatic rings. The first-order valence-corrected chi connectivity index (χ1v) is 8.96. The van der Waals surface area contributed by atoms with Crippen molar-refractivity contribution in [3.8, 4) is 0 Å². The number of piperidine rings is 1. The van der Waals surface area contributed by atoms with Crippen molar-refractivity contribution in [1.82, 2.24) is 10.2 Å². The maximum Gasteiger partial charge on any atom is 0.0590 e. The van der Waals surface area contributed by atoms with Gasteiger partial charge >= 0.3 is 0 Å². The number of likely N-dealkylation sites (tertiary alicyclic amines) is 1. The summed E-state index contributed by atoms with van der Waals surface area (Å²) in [6.45, 7) is 7.16. The average Bonchev–Trinajstić information content (AvgIpc) is 3.02. The van der Waals surface area contributed by atoms with E-state index in [2.05, 4.69) is 17.1 Å². The van der Waals surface area contributed by atoms with Gasteiger partial charge in [0, 0.05) is 18.7 Å². The molecule has 3 aliphatic rings. The zero-order valence-electron chi connectivity index (χ0n) is 13.2. The summed E-state index contributed by atoms with van der Waals surface area (Å²) in [5.74, 6) is 0.944. The number of ether oxygens (including phenoxy) is 1. The van der Waals surface area contributed by atoms with E-state index in [-0.39, 0.29) is 0 Å². The third-order valence-corrected chi connectivity index (χ3v) is 5.71. The number of hydrogen-bond acceptors (Lipinski definition) is 3. The standard InChI is InChI=1S/C17H32N2O/c1-2-4-16-13-15(8-12-20-16)19-10-6-14(7-11-19)17-5-3-9-18-17/h14-18H,2-13H2,1H3. The Bertz CT molecular complexity index is 281. The molecule has 0 bridgehead atoms. The van der Waals surface area contributed by atoms with Crippen LogP contribution in [0.1, 0.15) is 58.3 Å². The minimum atomic E-state index is 0.535. The molecule has 3 heterocycles. The highest BCUT2D eigenvalue weighted by atomic mass is 16.5. The van der Waals surface area contributed by atoms with E-state index >= 15 is 0 Å². The number of nitrogens with one attached hydrogen (secondary N) is 1. The molecule has 3 saturated heterocycles. The van der Waals surface area contributed by atoms with Crippen LogP contribution < -0.4 is 5.32 Å². The van der Waals surface area contributed by atoms with Gasteiger partial charge in [-0.3, -0.25) is 0 Å². The van der Waals surface area contributed by atoms with Crippen LogP contribution in [0.3, 0.4) is 0 Å². The fourth-order valence-corrected chi connectivity index (χ4v) is 4.52. The molecule has 0 saturated carbocycles. The van der Waals surface area contributed by atoms with Crippen LogP contribution >= 0.6 is 0 Å². The zero-order valence-corrected chi connectivity index (χ0v) is 13.2. The Hall–Kier alpha value is -0.120. The highest BCUT2D eigenvalue weighted by Gasteiger charge is 2.32. The first-order valence-electron chi connectivity index (χ1n) is 8.96. The van der Waals surface area contributed by atoms with E-state index in [9.17, 15) is 0 Å². The molecule has 3 heteroatoms. The van der Waals surface area contributed by atoms with Crippen molar-refractivity contribution in [2.24, 2.45) is 5.92 Å². The van der Waals surface area contributed by atoms with E-state index in [4.69, 9.17) is 4.74 Å². The van der Waals surface area contributed by atoms with Crippen LogP contribution in [0.25, 0.3) is 0 Å². The van der Waals surface area contributed by atoms with Crippen LogP contribution in [-0.2, 0) is 4.74 Å². The van der Waals surface area contributed by atoms with Crippen LogP contribution in [0.4, 0.5) is 0 Å². The number of rotatable bonds is 4. The van der Waals surface area contributed by atoms with E-state index in [0.717, 1.165) is 24.6 Å². The van der Waals surface area contributed by atoms with Crippen LogP contribution in [0.5, 0.6) is 0 Å². The Kier molecular flexibility index (Phi) is 5.36. The van der Waals surface area contributed by atoms with Gasteiger partial charge in [-0.2, -0.15) is 0 Å². The Balaban J connectivity index is 1.45. The highest BCUT2D eigenvalue weighted by molar-refractivity contribution is 4.88. The van der Waals surface area contributed by atoms with Crippen LogP contribution in [-0.4, -0.2) is 49.3 Å². The Morgan fingerprint density at radius 1 is 1.15 bits per heavy atom. The Morgan fingerprint density at radius 2 is 2.00 bits per heavy atom. The SMILES string of the molecule is CCCC1CC(N2CCC(C3CCCN3)CC2)CCO1. The smallest absolute Gasteiger partial charge is 0.0590 e. The van der Waals surface area contributed by atoms with Crippen LogP contribution in [0, 0.1) is 5.92 Å². The molecule has 0 aromatic heterocycles. The quantitative estimate of drug-likeness (QED) is 0.857. The molecule has 116 valence electrons. The molecule has 3 nitrogen and oxygen atoms in total. The van der Waals surface area contributed by atoms with Gasteiger partial charge in [0.05, 0.1) is 6.10 Å². The minimum absolute atomic E-state index is 0.535. The molecule has 20 heavy (non-hydrogen) atoms. The molecule has 3 unspecified atom stereocenters. The average molecular weight is 280 g/mol. The largest absolute Gasteiger partial charge is 0.378 e. The second kappa shape index (κ2) is 7.24. The highest BCUT2D eigenvalue weighted by Crippen LogP contribution is 2.29. The van der Waals surface area contributed by atoms with Gasteiger partial charge in [0.2, 0.25) is 0 Å². The van der Waals surface area contributed by atoms with Crippen LogP contribution in [0.15, 0.2) is 0 Å². The van der Waals surface area contributed by atoms with Gasteiger partial charge in [0.1, 0.15) is 0 Å². The van der Waals surface area contributed by atoms with Crippen molar-refractivity contribution in [2.45, 2.75) is 76.5 Å². The summed E-state index contributed by atoms with van der Waals surface area (Å²) in [5.41, 5.74) is 0. The fraction of sp³-hybridized carbons (Fsp3) is 1.00. The van der Waals surface area contributed by atoms with Crippen LogP contribution in [0.2, 0.25) is 0 Å². The summed E-state index contributed by atoms with van der Waals surface area (Å²) in [7, 11) is 0. The van der Waals surface area contributed by atoms with Gasteiger partial charge in [-0.25, -0.2) is 0 Å². The van der Waals surface area contributed by atoms with E-state index in [0.29, 0.717) is 6.10 Å². The van der Waals surface area contributed by atoms with Gasteiger partial charge in [-0.15, -0.1) is 0 Å². The summed E-state index contributed by atoms with van der Waals surface area (Å²) >= 11 is 0. The van der Waals surface area contributed by atoms with Crippen molar-refractivity contribution in [3.05, 3.63) is 0 Å². The lowest BCUT2D eigenvalue weighted by molar-refractivity contribution is -0.0378. The van der Waals surface area contributed by atoms with Gasteiger partial charge in [-0.05, 0) is 70.5 Å². The molecule has 1 N–H and O–H groups in total. The van der Waals surface area contributed by atoms with Gasteiger partial charge in [0.25, 0.3) is 0 Å². The summed E-state index contributed by atoms with van der Waals surface area (Å²) in [4.78, 5) is 2.77. The van der Waals surface area contributed by atoms with E-state index in [1.165, 1.54) is 71.0 Å². The fourth-order valence-electron chi connectivity index (χ4n) is 4.52. The second-order valence-corrected chi connectivity index (χ2v) is 7.04. The summed E-state index contributed by atoms with van der Waals surface area (Å²) in [5, 5.41) is 3.71. The molecule has 3 atom stereocenters. The van der Waals surface area contributed by atoms with Crippen molar-refractivity contribution in [3.63, 3.8) is 0 Å².